The van der Waals surface area contributed by atoms with Gasteiger partial charge in [-0.25, -0.2) is 0 Å². The Morgan fingerprint density at radius 1 is 1.21 bits per heavy atom. The van der Waals surface area contributed by atoms with E-state index in [0.717, 1.165) is 13.1 Å². The summed E-state index contributed by atoms with van der Waals surface area (Å²) in [6, 6.07) is 10.5. The summed E-state index contributed by atoms with van der Waals surface area (Å²) >= 11 is 1.97. The standard InChI is InChI=1S/C16H26N2S/c1-12(2)18(13(3)4)10-9-17-15-11-19-16-8-6-5-7-14(15)16/h5-8,12-13,15,17H,9-11H2,1-4H3. The van der Waals surface area contributed by atoms with Crippen molar-refractivity contribution in [1.29, 1.82) is 0 Å². The highest BCUT2D eigenvalue weighted by molar-refractivity contribution is 7.99. The number of hydrogen-bond acceptors (Lipinski definition) is 3. The number of nitrogens with zero attached hydrogens (tertiary/aromatic N) is 1. The summed E-state index contributed by atoms with van der Waals surface area (Å²) in [5, 5.41) is 3.72. The van der Waals surface area contributed by atoms with Gasteiger partial charge in [-0.15, -0.1) is 11.8 Å². The summed E-state index contributed by atoms with van der Waals surface area (Å²) in [5.41, 5.74) is 1.48. The minimum Gasteiger partial charge on any atom is -0.308 e. The highest BCUT2D eigenvalue weighted by Crippen LogP contribution is 2.37. The monoisotopic (exact) mass is 278 g/mol. The highest BCUT2D eigenvalue weighted by atomic mass is 32.2. The fourth-order valence-electron chi connectivity index (χ4n) is 2.81. The normalized spacial score (nSPS) is 18.6. The molecule has 0 saturated heterocycles. The van der Waals surface area contributed by atoms with Crippen molar-refractivity contribution in [3.8, 4) is 0 Å². The van der Waals surface area contributed by atoms with Gasteiger partial charge in [0.1, 0.15) is 0 Å². The molecule has 0 saturated carbocycles. The molecule has 1 N–H and O–H groups in total. The molecule has 0 fully saturated rings. The van der Waals surface area contributed by atoms with Crippen molar-refractivity contribution in [1.82, 2.24) is 10.2 Å². The SMILES string of the molecule is CC(C)N(CCNC1CSc2ccccc21)C(C)C. The van der Waals surface area contributed by atoms with Crippen LogP contribution in [0.5, 0.6) is 0 Å². The van der Waals surface area contributed by atoms with Gasteiger partial charge in [0.15, 0.2) is 0 Å². The van der Waals surface area contributed by atoms with Gasteiger partial charge in [0.05, 0.1) is 0 Å². The van der Waals surface area contributed by atoms with E-state index in [9.17, 15) is 0 Å². The van der Waals surface area contributed by atoms with Crippen molar-refractivity contribution in [3.05, 3.63) is 29.8 Å². The van der Waals surface area contributed by atoms with E-state index >= 15 is 0 Å². The molecule has 0 radical (unpaired) electrons. The van der Waals surface area contributed by atoms with Crippen LogP contribution in [0.25, 0.3) is 0 Å². The van der Waals surface area contributed by atoms with Crippen molar-refractivity contribution in [3.63, 3.8) is 0 Å². The van der Waals surface area contributed by atoms with Gasteiger partial charge in [-0.3, -0.25) is 4.90 Å². The van der Waals surface area contributed by atoms with Crippen molar-refractivity contribution in [2.75, 3.05) is 18.8 Å². The number of benzene rings is 1. The first-order valence-corrected chi connectivity index (χ1v) is 8.29. The van der Waals surface area contributed by atoms with Crippen molar-refractivity contribution >= 4 is 11.8 Å². The first kappa shape index (κ1) is 14.9. The zero-order valence-corrected chi connectivity index (χ0v) is 13.3. The van der Waals surface area contributed by atoms with E-state index in [-0.39, 0.29) is 0 Å². The lowest BCUT2D eigenvalue weighted by molar-refractivity contribution is 0.174. The molecule has 2 nitrogen and oxygen atoms in total. The minimum atomic E-state index is 0.530. The molecule has 0 bridgehead atoms. The third-order valence-electron chi connectivity index (χ3n) is 3.79. The van der Waals surface area contributed by atoms with Gasteiger partial charge >= 0.3 is 0 Å². The lowest BCUT2D eigenvalue weighted by Crippen LogP contribution is -2.42. The predicted octanol–water partition coefficient (Wildman–Crippen LogP) is 3.54. The first-order valence-electron chi connectivity index (χ1n) is 7.30. The Morgan fingerprint density at radius 3 is 2.58 bits per heavy atom. The van der Waals surface area contributed by atoms with Gasteiger partial charge in [-0.1, -0.05) is 18.2 Å². The molecule has 1 aromatic rings. The summed E-state index contributed by atoms with van der Waals surface area (Å²) < 4.78 is 0. The number of rotatable bonds is 6. The lowest BCUT2D eigenvalue weighted by Gasteiger charge is -2.31. The van der Waals surface area contributed by atoms with E-state index in [4.69, 9.17) is 0 Å². The maximum Gasteiger partial charge on any atom is 0.0426 e. The average Bonchev–Trinajstić information content (AvgIpc) is 2.77. The molecule has 1 aromatic carbocycles. The Balaban J connectivity index is 1.84. The molecule has 19 heavy (non-hydrogen) atoms. The second kappa shape index (κ2) is 6.78. The van der Waals surface area contributed by atoms with Gasteiger partial charge in [-0.05, 0) is 39.3 Å². The smallest absolute Gasteiger partial charge is 0.0426 e. The Labute approximate surface area is 122 Å². The van der Waals surface area contributed by atoms with Crippen molar-refractivity contribution < 1.29 is 0 Å². The fraction of sp³-hybridized carbons (Fsp3) is 0.625. The van der Waals surface area contributed by atoms with E-state index in [0.29, 0.717) is 18.1 Å². The van der Waals surface area contributed by atoms with Crippen LogP contribution in [0.2, 0.25) is 0 Å². The molecule has 3 heteroatoms. The molecular weight excluding hydrogens is 252 g/mol. The van der Waals surface area contributed by atoms with Crippen LogP contribution in [0.15, 0.2) is 29.2 Å². The van der Waals surface area contributed by atoms with Crippen molar-refractivity contribution in [2.45, 2.75) is 50.7 Å². The molecule has 1 aliphatic rings. The largest absolute Gasteiger partial charge is 0.308 e. The van der Waals surface area contributed by atoms with Crippen LogP contribution in [0.4, 0.5) is 0 Å². The van der Waals surface area contributed by atoms with Crippen molar-refractivity contribution in [2.24, 2.45) is 0 Å². The number of hydrogen-bond donors (Lipinski definition) is 1. The molecular formula is C16H26N2S. The zero-order chi connectivity index (χ0) is 13.8. The van der Waals surface area contributed by atoms with Crippen LogP contribution in [0, 0.1) is 0 Å². The number of thioether (sulfide) groups is 1. The van der Waals surface area contributed by atoms with Gasteiger partial charge in [-0.2, -0.15) is 0 Å². The van der Waals surface area contributed by atoms with Crippen LogP contribution in [-0.2, 0) is 0 Å². The quantitative estimate of drug-likeness (QED) is 0.857. The van der Waals surface area contributed by atoms with Gasteiger partial charge in [0, 0.05) is 41.9 Å². The molecule has 0 amide bonds. The Bertz CT molecular complexity index is 395. The maximum atomic E-state index is 3.72. The molecule has 0 aliphatic carbocycles. The minimum absolute atomic E-state index is 0.530. The Morgan fingerprint density at radius 2 is 1.89 bits per heavy atom. The molecule has 1 atom stereocenters. The lowest BCUT2D eigenvalue weighted by atomic mass is 10.1. The van der Waals surface area contributed by atoms with E-state index in [2.05, 4.69) is 62.2 Å². The summed E-state index contributed by atoms with van der Waals surface area (Å²) in [7, 11) is 0. The van der Waals surface area contributed by atoms with Crippen LogP contribution >= 0.6 is 11.8 Å². The molecule has 0 spiro atoms. The Hall–Kier alpha value is -0.510. The second-order valence-corrected chi connectivity index (χ2v) is 6.84. The van der Waals surface area contributed by atoms with E-state index in [1.54, 1.807) is 0 Å². The summed E-state index contributed by atoms with van der Waals surface area (Å²) in [5.74, 6) is 1.17. The highest BCUT2D eigenvalue weighted by Gasteiger charge is 2.22. The van der Waals surface area contributed by atoms with Gasteiger partial charge in [0.25, 0.3) is 0 Å². The van der Waals surface area contributed by atoms with E-state index < -0.39 is 0 Å². The van der Waals surface area contributed by atoms with Crippen LogP contribution in [-0.4, -0.2) is 35.8 Å². The molecule has 1 aliphatic heterocycles. The third kappa shape index (κ3) is 3.74. The maximum absolute atomic E-state index is 3.72. The third-order valence-corrected chi connectivity index (χ3v) is 4.97. The summed E-state index contributed by atoms with van der Waals surface area (Å²) in [4.78, 5) is 3.99. The van der Waals surface area contributed by atoms with Gasteiger partial charge in [0.2, 0.25) is 0 Å². The Kier molecular flexibility index (Phi) is 5.31. The molecule has 1 heterocycles. The van der Waals surface area contributed by atoms with Crippen LogP contribution < -0.4 is 5.32 Å². The van der Waals surface area contributed by atoms with E-state index in [1.807, 2.05) is 11.8 Å². The molecule has 0 aromatic heterocycles. The van der Waals surface area contributed by atoms with Crippen LogP contribution in [0.3, 0.4) is 0 Å². The molecule has 106 valence electrons. The topological polar surface area (TPSA) is 15.3 Å². The second-order valence-electron chi connectivity index (χ2n) is 5.78. The zero-order valence-electron chi connectivity index (χ0n) is 12.5. The fourth-order valence-corrected chi connectivity index (χ4v) is 4.01. The summed E-state index contributed by atoms with van der Waals surface area (Å²) in [6.45, 7) is 11.3. The first-order chi connectivity index (χ1) is 9.09. The predicted molar refractivity (Wildman–Crippen MR) is 84.9 cm³/mol. The van der Waals surface area contributed by atoms with Gasteiger partial charge < -0.3 is 5.32 Å². The number of nitrogens with one attached hydrogen (secondary N) is 1. The molecule has 1 unspecified atom stereocenters. The van der Waals surface area contributed by atoms with Crippen LogP contribution in [0.1, 0.15) is 39.3 Å². The number of fused-ring (bicyclic) bond motifs is 1. The molecule has 2 rings (SSSR count). The average molecular weight is 278 g/mol. The summed E-state index contributed by atoms with van der Waals surface area (Å²) in [6.07, 6.45) is 0. The van der Waals surface area contributed by atoms with E-state index in [1.165, 1.54) is 16.2 Å².